The first kappa shape index (κ1) is 18.6. The third kappa shape index (κ3) is 3.39. The summed E-state index contributed by atoms with van der Waals surface area (Å²) >= 11 is 1.34. The van der Waals surface area contributed by atoms with Crippen LogP contribution in [0.2, 0.25) is 0 Å². The SMILES string of the molecule is COCCOC(=O)C1=C(C)N=C2S[C@@H](C)C(=O)N2[C@@H]1c1ccc(F)cc1. The number of aliphatic imine (C=N–C) groups is 1. The number of halogens is 1. The second kappa shape index (κ2) is 7.59. The molecule has 0 spiro atoms. The number of ether oxygens (including phenoxy) is 2. The third-order valence-electron chi connectivity index (χ3n) is 4.18. The van der Waals surface area contributed by atoms with Gasteiger partial charge in [-0.25, -0.2) is 14.2 Å². The molecule has 1 amide bonds. The van der Waals surface area contributed by atoms with Gasteiger partial charge in [0.05, 0.1) is 29.2 Å². The van der Waals surface area contributed by atoms with Crippen molar-refractivity contribution < 1.29 is 23.5 Å². The Morgan fingerprint density at radius 3 is 2.65 bits per heavy atom. The van der Waals surface area contributed by atoms with Crippen molar-refractivity contribution in [2.75, 3.05) is 20.3 Å². The number of allylic oxidation sites excluding steroid dienone is 1. The first-order valence-corrected chi connectivity index (χ1v) is 9.02. The Morgan fingerprint density at radius 1 is 1.31 bits per heavy atom. The molecule has 8 heteroatoms. The maximum atomic E-state index is 13.4. The highest BCUT2D eigenvalue weighted by molar-refractivity contribution is 8.15. The molecule has 0 radical (unpaired) electrons. The van der Waals surface area contributed by atoms with Crippen LogP contribution in [0.1, 0.15) is 25.5 Å². The summed E-state index contributed by atoms with van der Waals surface area (Å²) in [5, 5.41) is 0.246. The molecule has 0 N–H and O–H groups in total. The molecule has 2 atom stereocenters. The van der Waals surface area contributed by atoms with Crippen LogP contribution >= 0.6 is 11.8 Å². The van der Waals surface area contributed by atoms with Crippen molar-refractivity contribution in [1.29, 1.82) is 0 Å². The molecule has 26 heavy (non-hydrogen) atoms. The molecule has 1 aromatic rings. The molecule has 1 aromatic carbocycles. The van der Waals surface area contributed by atoms with E-state index in [0.717, 1.165) is 0 Å². The molecule has 6 nitrogen and oxygen atoms in total. The van der Waals surface area contributed by atoms with Crippen LogP contribution in [0.5, 0.6) is 0 Å². The summed E-state index contributed by atoms with van der Waals surface area (Å²) in [5.74, 6) is -1.09. The van der Waals surface area contributed by atoms with E-state index >= 15 is 0 Å². The maximum Gasteiger partial charge on any atom is 0.338 e. The van der Waals surface area contributed by atoms with E-state index in [4.69, 9.17) is 9.47 Å². The Balaban J connectivity index is 2.03. The van der Waals surface area contributed by atoms with Crippen LogP contribution < -0.4 is 0 Å². The predicted molar refractivity (Wildman–Crippen MR) is 96.0 cm³/mol. The predicted octanol–water partition coefficient (Wildman–Crippen LogP) is 2.66. The van der Waals surface area contributed by atoms with Gasteiger partial charge >= 0.3 is 5.97 Å². The van der Waals surface area contributed by atoms with Crippen LogP contribution in [0.3, 0.4) is 0 Å². The fourth-order valence-corrected chi connectivity index (χ4v) is 3.95. The van der Waals surface area contributed by atoms with Crippen LogP contribution in [0.25, 0.3) is 0 Å². The summed E-state index contributed by atoms with van der Waals surface area (Å²) in [4.78, 5) is 31.3. The van der Waals surface area contributed by atoms with E-state index in [9.17, 15) is 14.0 Å². The van der Waals surface area contributed by atoms with Gasteiger partial charge in [-0.15, -0.1) is 0 Å². The Labute approximate surface area is 155 Å². The third-order valence-corrected chi connectivity index (χ3v) is 5.24. The van der Waals surface area contributed by atoms with Crippen molar-refractivity contribution in [3.8, 4) is 0 Å². The minimum atomic E-state index is -0.692. The average molecular weight is 378 g/mol. The van der Waals surface area contributed by atoms with Gasteiger partial charge in [0.15, 0.2) is 5.17 Å². The van der Waals surface area contributed by atoms with E-state index in [2.05, 4.69) is 4.99 Å². The smallest absolute Gasteiger partial charge is 0.338 e. The number of carbonyl (C=O) groups excluding carboxylic acids is 2. The van der Waals surface area contributed by atoms with Crippen LogP contribution in [0.4, 0.5) is 4.39 Å². The van der Waals surface area contributed by atoms with Crippen molar-refractivity contribution in [2.24, 2.45) is 4.99 Å². The van der Waals surface area contributed by atoms with Crippen molar-refractivity contribution >= 4 is 28.8 Å². The maximum absolute atomic E-state index is 13.4. The molecule has 1 fully saturated rings. The Hall–Kier alpha value is -2.19. The number of nitrogens with zero attached hydrogens (tertiary/aromatic N) is 2. The lowest BCUT2D eigenvalue weighted by atomic mass is 9.94. The molecular weight excluding hydrogens is 359 g/mol. The van der Waals surface area contributed by atoms with Crippen molar-refractivity contribution in [3.63, 3.8) is 0 Å². The van der Waals surface area contributed by atoms with E-state index < -0.39 is 12.0 Å². The molecule has 0 unspecified atom stereocenters. The van der Waals surface area contributed by atoms with Gasteiger partial charge in [0.25, 0.3) is 0 Å². The number of thioether (sulfide) groups is 1. The lowest BCUT2D eigenvalue weighted by Crippen LogP contribution is -2.40. The van der Waals surface area contributed by atoms with Crippen LogP contribution in [-0.2, 0) is 19.1 Å². The number of hydrogen-bond donors (Lipinski definition) is 0. The second-order valence-corrected chi connectivity index (χ2v) is 7.25. The number of esters is 1. The summed E-state index contributed by atoms with van der Waals surface area (Å²) in [7, 11) is 1.51. The van der Waals surface area contributed by atoms with Gasteiger partial charge in [0, 0.05) is 7.11 Å². The number of amidine groups is 1. The zero-order chi connectivity index (χ0) is 18.8. The van der Waals surface area contributed by atoms with E-state index in [1.54, 1.807) is 26.0 Å². The second-order valence-electron chi connectivity index (χ2n) is 5.94. The first-order chi connectivity index (χ1) is 12.4. The first-order valence-electron chi connectivity index (χ1n) is 8.14. The zero-order valence-corrected chi connectivity index (χ0v) is 15.5. The number of benzene rings is 1. The van der Waals surface area contributed by atoms with Crippen LogP contribution in [0, 0.1) is 5.82 Å². The minimum Gasteiger partial charge on any atom is -0.460 e. The lowest BCUT2D eigenvalue weighted by Gasteiger charge is -2.33. The van der Waals surface area contributed by atoms with Gasteiger partial charge in [-0.3, -0.25) is 9.69 Å². The molecule has 3 rings (SSSR count). The number of methoxy groups -OCH3 is 1. The number of hydrogen-bond acceptors (Lipinski definition) is 6. The fourth-order valence-electron chi connectivity index (χ4n) is 2.92. The fraction of sp³-hybridized carbons (Fsp3) is 0.389. The van der Waals surface area contributed by atoms with Gasteiger partial charge in [-0.1, -0.05) is 23.9 Å². The van der Waals surface area contributed by atoms with E-state index in [1.165, 1.54) is 35.9 Å². The molecule has 0 aliphatic carbocycles. The summed E-state index contributed by atoms with van der Waals surface area (Å²) < 4.78 is 23.5. The van der Waals surface area contributed by atoms with Gasteiger partial charge in [0.1, 0.15) is 12.4 Å². The average Bonchev–Trinajstić information content (AvgIpc) is 2.88. The van der Waals surface area contributed by atoms with Gasteiger partial charge in [-0.2, -0.15) is 0 Å². The van der Waals surface area contributed by atoms with Crippen molar-refractivity contribution in [1.82, 2.24) is 4.90 Å². The molecule has 1 saturated heterocycles. The highest BCUT2D eigenvalue weighted by Crippen LogP contribution is 2.43. The van der Waals surface area contributed by atoms with E-state index in [-0.39, 0.29) is 35.8 Å². The Morgan fingerprint density at radius 2 is 2.00 bits per heavy atom. The number of rotatable bonds is 5. The molecule has 0 bridgehead atoms. The highest BCUT2D eigenvalue weighted by Gasteiger charge is 2.46. The minimum absolute atomic E-state index is 0.0952. The Bertz CT molecular complexity index is 791. The molecule has 2 heterocycles. The zero-order valence-electron chi connectivity index (χ0n) is 14.7. The summed E-state index contributed by atoms with van der Waals surface area (Å²) in [6.45, 7) is 3.87. The van der Waals surface area contributed by atoms with Gasteiger partial charge in [-0.05, 0) is 31.5 Å². The number of amides is 1. The Kier molecular flexibility index (Phi) is 5.43. The number of fused-ring (bicyclic) bond motifs is 1. The molecular formula is C18H19FN2O4S. The van der Waals surface area contributed by atoms with Crippen molar-refractivity contribution in [2.45, 2.75) is 25.1 Å². The normalized spacial score (nSPS) is 22.4. The molecule has 138 valence electrons. The molecule has 0 saturated carbocycles. The van der Waals surface area contributed by atoms with Crippen LogP contribution in [0.15, 0.2) is 40.5 Å². The van der Waals surface area contributed by atoms with Crippen molar-refractivity contribution in [3.05, 3.63) is 46.9 Å². The summed E-state index contributed by atoms with van der Waals surface area (Å²) in [6, 6.07) is 5.06. The molecule has 2 aliphatic heterocycles. The number of carbonyl (C=O) groups is 2. The highest BCUT2D eigenvalue weighted by atomic mass is 32.2. The van der Waals surface area contributed by atoms with Crippen LogP contribution in [-0.4, -0.2) is 47.5 Å². The lowest BCUT2D eigenvalue weighted by molar-refractivity contribution is -0.141. The molecule has 2 aliphatic rings. The summed E-state index contributed by atoms with van der Waals surface area (Å²) in [5.41, 5.74) is 1.39. The largest absolute Gasteiger partial charge is 0.460 e. The van der Waals surface area contributed by atoms with E-state index in [1.807, 2.05) is 0 Å². The quantitative estimate of drug-likeness (QED) is 0.582. The monoisotopic (exact) mass is 378 g/mol. The standard InChI is InChI=1S/C18H19FN2O4S/c1-10-14(17(23)25-9-8-24-3)15(12-4-6-13(19)7-5-12)21-16(22)11(2)26-18(21)20-10/h4-7,11,15H,8-9H2,1-3H3/t11-,15+/m0/s1. The molecule has 0 aromatic heterocycles. The summed E-state index contributed by atoms with van der Waals surface area (Å²) in [6.07, 6.45) is 0. The van der Waals surface area contributed by atoms with E-state index in [0.29, 0.717) is 16.4 Å². The van der Waals surface area contributed by atoms with Gasteiger partial charge < -0.3 is 9.47 Å². The topological polar surface area (TPSA) is 68.2 Å². The van der Waals surface area contributed by atoms with Gasteiger partial charge in [0.2, 0.25) is 5.91 Å².